The summed E-state index contributed by atoms with van der Waals surface area (Å²) >= 11 is 0. The van der Waals surface area contributed by atoms with Gasteiger partial charge < -0.3 is 9.64 Å². The number of methoxy groups -OCH3 is 1. The highest BCUT2D eigenvalue weighted by Gasteiger charge is 2.26. The van der Waals surface area contributed by atoms with Crippen LogP contribution in [0.15, 0.2) is 47.3 Å². The SMILES string of the molecule is CCCCC(=O)N(CCOC)C(C)c1nc2ccccc2c(=O)n1-c1cc(C)ccc1C. The van der Waals surface area contributed by atoms with Crippen LogP contribution in [0.3, 0.4) is 0 Å². The summed E-state index contributed by atoms with van der Waals surface area (Å²) in [6.07, 6.45) is 2.23. The summed E-state index contributed by atoms with van der Waals surface area (Å²) in [5.41, 5.74) is 3.33. The average molecular weight is 436 g/mol. The summed E-state index contributed by atoms with van der Waals surface area (Å²) in [5.74, 6) is 0.606. The van der Waals surface area contributed by atoms with Gasteiger partial charge in [-0.2, -0.15) is 0 Å². The molecule has 2 aromatic carbocycles. The largest absolute Gasteiger partial charge is 0.383 e. The Balaban J connectivity index is 2.24. The maximum absolute atomic E-state index is 13.7. The second kappa shape index (κ2) is 10.6. The molecule has 0 saturated heterocycles. The molecule has 3 aromatic rings. The number of benzene rings is 2. The third-order valence-corrected chi connectivity index (χ3v) is 5.85. The zero-order valence-corrected chi connectivity index (χ0v) is 19.7. The van der Waals surface area contributed by atoms with Gasteiger partial charge in [-0.3, -0.25) is 14.2 Å². The predicted molar refractivity (Wildman–Crippen MR) is 128 cm³/mol. The molecule has 0 saturated carbocycles. The number of amides is 1. The lowest BCUT2D eigenvalue weighted by atomic mass is 10.1. The number of ether oxygens (including phenoxy) is 1. The molecule has 3 rings (SSSR count). The van der Waals surface area contributed by atoms with E-state index in [1.807, 2.05) is 57.2 Å². The number of hydrogen-bond donors (Lipinski definition) is 0. The van der Waals surface area contributed by atoms with Crippen molar-refractivity contribution in [3.8, 4) is 5.69 Å². The molecule has 0 radical (unpaired) electrons. The van der Waals surface area contributed by atoms with Gasteiger partial charge in [0.25, 0.3) is 5.56 Å². The van der Waals surface area contributed by atoms with Gasteiger partial charge in [-0.05, 0) is 56.5 Å². The smallest absolute Gasteiger partial charge is 0.266 e. The van der Waals surface area contributed by atoms with E-state index in [-0.39, 0.29) is 11.5 Å². The molecule has 1 amide bonds. The van der Waals surface area contributed by atoms with Crippen molar-refractivity contribution in [3.05, 3.63) is 69.8 Å². The molecule has 1 aromatic heterocycles. The zero-order valence-electron chi connectivity index (χ0n) is 19.7. The van der Waals surface area contributed by atoms with E-state index in [0.717, 1.165) is 29.7 Å². The van der Waals surface area contributed by atoms with E-state index in [1.165, 1.54) is 0 Å². The third kappa shape index (κ3) is 4.91. The first-order chi connectivity index (χ1) is 15.4. The predicted octanol–water partition coefficient (Wildman–Crippen LogP) is 4.73. The second-order valence-electron chi connectivity index (χ2n) is 8.28. The lowest BCUT2D eigenvalue weighted by molar-refractivity contribution is -0.134. The average Bonchev–Trinajstić information content (AvgIpc) is 2.79. The van der Waals surface area contributed by atoms with Gasteiger partial charge in [0.1, 0.15) is 5.82 Å². The minimum absolute atomic E-state index is 0.0475. The summed E-state index contributed by atoms with van der Waals surface area (Å²) in [6, 6.07) is 13.0. The van der Waals surface area contributed by atoms with Crippen LogP contribution in [0.5, 0.6) is 0 Å². The van der Waals surface area contributed by atoms with Crippen LogP contribution >= 0.6 is 0 Å². The van der Waals surface area contributed by atoms with E-state index in [2.05, 4.69) is 6.92 Å². The van der Waals surface area contributed by atoms with Gasteiger partial charge >= 0.3 is 0 Å². The fourth-order valence-corrected chi connectivity index (χ4v) is 3.96. The first kappa shape index (κ1) is 23.7. The van der Waals surface area contributed by atoms with Crippen LogP contribution in [0.1, 0.15) is 56.1 Å². The maximum atomic E-state index is 13.7. The molecule has 0 N–H and O–H groups in total. The van der Waals surface area contributed by atoms with Crippen LogP contribution in [0.4, 0.5) is 0 Å². The van der Waals surface area contributed by atoms with Crippen LogP contribution in [-0.2, 0) is 9.53 Å². The second-order valence-corrected chi connectivity index (χ2v) is 8.28. The van der Waals surface area contributed by atoms with Crippen LogP contribution < -0.4 is 5.56 Å². The molecule has 0 aliphatic rings. The highest BCUT2D eigenvalue weighted by Crippen LogP contribution is 2.25. The fraction of sp³-hybridized carbons (Fsp3) is 0.423. The Labute approximate surface area is 189 Å². The van der Waals surface area contributed by atoms with Gasteiger partial charge in [-0.1, -0.05) is 37.6 Å². The van der Waals surface area contributed by atoms with Crippen molar-refractivity contribution in [2.75, 3.05) is 20.3 Å². The van der Waals surface area contributed by atoms with Crippen LogP contribution in [0.25, 0.3) is 16.6 Å². The standard InChI is InChI=1S/C26H33N3O3/c1-6-7-12-24(30)28(15-16-32-5)20(4)25-27-22-11-9-8-10-21(22)26(31)29(25)23-17-18(2)13-14-19(23)3/h8-11,13-14,17,20H,6-7,12,15-16H2,1-5H3. The van der Waals surface area contributed by atoms with Crippen molar-refractivity contribution in [1.29, 1.82) is 0 Å². The summed E-state index contributed by atoms with van der Waals surface area (Å²) in [6.45, 7) is 8.86. The first-order valence-corrected chi connectivity index (χ1v) is 11.3. The van der Waals surface area contributed by atoms with E-state index in [1.54, 1.807) is 22.6 Å². The molecule has 32 heavy (non-hydrogen) atoms. The molecule has 0 bridgehead atoms. The number of aromatic nitrogens is 2. The number of unbranched alkanes of at least 4 members (excludes halogenated alkanes) is 1. The number of rotatable bonds is 9. The normalized spacial score (nSPS) is 12.2. The zero-order chi connectivity index (χ0) is 23.3. The Morgan fingerprint density at radius 1 is 1.19 bits per heavy atom. The van der Waals surface area contributed by atoms with Gasteiger partial charge in [0.05, 0.1) is 29.2 Å². The van der Waals surface area contributed by atoms with Crippen molar-refractivity contribution < 1.29 is 9.53 Å². The van der Waals surface area contributed by atoms with Crippen molar-refractivity contribution in [3.63, 3.8) is 0 Å². The number of para-hydroxylation sites is 1. The minimum Gasteiger partial charge on any atom is -0.383 e. The van der Waals surface area contributed by atoms with E-state index < -0.39 is 6.04 Å². The van der Waals surface area contributed by atoms with E-state index in [9.17, 15) is 9.59 Å². The molecule has 0 spiro atoms. The highest BCUT2D eigenvalue weighted by atomic mass is 16.5. The quantitative estimate of drug-likeness (QED) is 0.487. The van der Waals surface area contributed by atoms with Crippen molar-refractivity contribution in [2.45, 2.75) is 53.0 Å². The molecule has 170 valence electrons. The Morgan fingerprint density at radius 3 is 2.66 bits per heavy atom. The lowest BCUT2D eigenvalue weighted by Gasteiger charge is -2.31. The molecular formula is C26H33N3O3. The molecule has 0 aliphatic heterocycles. The Hall–Kier alpha value is -2.99. The third-order valence-electron chi connectivity index (χ3n) is 5.85. The van der Waals surface area contributed by atoms with Crippen molar-refractivity contribution in [2.24, 2.45) is 0 Å². The van der Waals surface area contributed by atoms with Gasteiger partial charge in [0.15, 0.2) is 0 Å². The van der Waals surface area contributed by atoms with E-state index in [0.29, 0.717) is 36.3 Å². The summed E-state index contributed by atoms with van der Waals surface area (Å²) in [7, 11) is 1.62. The molecule has 0 aliphatic carbocycles. The van der Waals surface area contributed by atoms with E-state index in [4.69, 9.17) is 9.72 Å². The number of aryl methyl sites for hydroxylation is 2. The molecule has 0 fully saturated rings. The van der Waals surface area contributed by atoms with Gasteiger partial charge in [-0.25, -0.2) is 4.98 Å². The molecule has 6 nitrogen and oxygen atoms in total. The number of fused-ring (bicyclic) bond motifs is 1. The number of carbonyl (C=O) groups is 1. The monoisotopic (exact) mass is 435 g/mol. The lowest BCUT2D eigenvalue weighted by Crippen LogP contribution is -2.39. The van der Waals surface area contributed by atoms with Crippen LogP contribution in [0.2, 0.25) is 0 Å². The summed E-state index contributed by atoms with van der Waals surface area (Å²) in [5, 5.41) is 0.560. The van der Waals surface area contributed by atoms with Gasteiger partial charge in [-0.15, -0.1) is 0 Å². The van der Waals surface area contributed by atoms with Crippen molar-refractivity contribution >= 4 is 16.8 Å². The number of hydrogen-bond acceptors (Lipinski definition) is 4. The summed E-state index contributed by atoms with van der Waals surface area (Å²) < 4.78 is 6.96. The maximum Gasteiger partial charge on any atom is 0.266 e. The molecule has 1 unspecified atom stereocenters. The minimum atomic E-state index is -0.397. The fourth-order valence-electron chi connectivity index (χ4n) is 3.96. The number of carbonyl (C=O) groups excluding carboxylic acids is 1. The van der Waals surface area contributed by atoms with E-state index >= 15 is 0 Å². The number of nitrogens with zero attached hydrogens (tertiary/aromatic N) is 3. The van der Waals surface area contributed by atoms with Gasteiger partial charge in [0, 0.05) is 20.1 Å². The summed E-state index contributed by atoms with van der Waals surface area (Å²) in [4.78, 5) is 33.5. The van der Waals surface area contributed by atoms with Crippen LogP contribution in [-0.4, -0.2) is 40.6 Å². The molecule has 1 atom stereocenters. The van der Waals surface area contributed by atoms with Crippen molar-refractivity contribution in [1.82, 2.24) is 14.5 Å². The van der Waals surface area contributed by atoms with Crippen LogP contribution in [0, 0.1) is 13.8 Å². The Kier molecular flexibility index (Phi) is 7.80. The molecule has 6 heteroatoms. The van der Waals surface area contributed by atoms with Gasteiger partial charge in [0.2, 0.25) is 5.91 Å². The first-order valence-electron chi connectivity index (χ1n) is 11.3. The highest BCUT2D eigenvalue weighted by molar-refractivity contribution is 5.79. The Morgan fingerprint density at radius 2 is 1.94 bits per heavy atom. The topological polar surface area (TPSA) is 64.4 Å². The molecule has 1 heterocycles. The molecular weight excluding hydrogens is 402 g/mol. The Bertz CT molecular complexity index is 1150.